The van der Waals surface area contributed by atoms with E-state index < -0.39 is 0 Å². The Morgan fingerprint density at radius 2 is 1.61 bits per heavy atom. The molecule has 0 saturated heterocycles. The zero-order chi connectivity index (χ0) is 19.1. The maximum atomic E-state index is 12.8. The fourth-order valence-corrected chi connectivity index (χ4v) is 3.82. The maximum Gasteiger partial charge on any atom is 0.244 e. The summed E-state index contributed by atoms with van der Waals surface area (Å²) in [6, 6.07) is 21.7. The average molecular weight is 368 g/mol. The molecule has 1 heterocycles. The van der Waals surface area contributed by atoms with Crippen LogP contribution in [0.5, 0.6) is 0 Å². The number of fused-ring (bicyclic) bond motifs is 2. The van der Waals surface area contributed by atoms with Gasteiger partial charge in [0.25, 0.3) is 0 Å². The first-order valence-electron chi connectivity index (χ1n) is 9.60. The van der Waals surface area contributed by atoms with Crippen LogP contribution in [0, 0.1) is 5.92 Å². The number of anilines is 1. The molecule has 1 aromatic heterocycles. The van der Waals surface area contributed by atoms with Crippen molar-refractivity contribution in [2.24, 2.45) is 5.92 Å². The molecule has 0 aliphatic heterocycles. The number of amides is 1. The van der Waals surface area contributed by atoms with E-state index in [0.717, 1.165) is 45.8 Å². The second kappa shape index (κ2) is 6.64. The summed E-state index contributed by atoms with van der Waals surface area (Å²) < 4.78 is 1.88. The van der Waals surface area contributed by atoms with Crippen LogP contribution in [-0.2, 0) is 11.3 Å². The maximum absolute atomic E-state index is 12.8. The number of para-hydroxylation sites is 1. The Bertz CT molecular complexity index is 1210. The molecular formula is C24H20N2O2. The van der Waals surface area contributed by atoms with Gasteiger partial charge in [-0.25, -0.2) is 0 Å². The number of benzene rings is 3. The Balaban J connectivity index is 1.45. The van der Waals surface area contributed by atoms with Gasteiger partial charge in [0.1, 0.15) is 6.54 Å². The van der Waals surface area contributed by atoms with Crippen LogP contribution in [0.25, 0.3) is 21.7 Å². The number of carbonyl (C=O) groups excluding carboxylic acids is 2. The molecule has 4 heteroatoms. The molecular weight excluding hydrogens is 348 g/mol. The van der Waals surface area contributed by atoms with Crippen LogP contribution in [0.15, 0.2) is 72.9 Å². The van der Waals surface area contributed by atoms with Crippen molar-refractivity contribution in [3.63, 3.8) is 0 Å². The van der Waals surface area contributed by atoms with Crippen LogP contribution in [-0.4, -0.2) is 16.3 Å². The predicted octanol–water partition coefficient (Wildman–Crippen LogP) is 5.03. The molecule has 28 heavy (non-hydrogen) atoms. The average Bonchev–Trinajstić information content (AvgIpc) is 3.51. The highest BCUT2D eigenvalue weighted by atomic mass is 16.2. The highest BCUT2D eigenvalue weighted by Crippen LogP contribution is 2.35. The van der Waals surface area contributed by atoms with E-state index in [1.165, 1.54) is 0 Å². The lowest BCUT2D eigenvalue weighted by Gasteiger charge is -2.10. The van der Waals surface area contributed by atoms with E-state index in [1.54, 1.807) is 0 Å². The smallest absolute Gasteiger partial charge is 0.244 e. The second-order valence-electron chi connectivity index (χ2n) is 7.40. The largest absolute Gasteiger partial charge is 0.337 e. The van der Waals surface area contributed by atoms with Gasteiger partial charge in [-0.05, 0) is 30.4 Å². The van der Waals surface area contributed by atoms with E-state index in [9.17, 15) is 9.59 Å². The predicted molar refractivity (Wildman–Crippen MR) is 112 cm³/mol. The summed E-state index contributed by atoms with van der Waals surface area (Å²) in [7, 11) is 0. The van der Waals surface area contributed by atoms with Crippen LogP contribution in [0.1, 0.15) is 23.2 Å². The van der Waals surface area contributed by atoms with Gasteiger partial charge < -0.3 is 9.88 Å². The topological polar surface area (TPSA) is 51.1 Å². The molecule has 0 spiro atoms. The van der Waals surface area contributed by atoms with E-state index in [2.05, 4.69) is 5.32 Å². The van der Waals surface area contributed by atoms with Gasteiger partial charge in [0.15, 0.2) is 5.78 Å². The van der Waals surface area contributed by atoms with Crippen molar-refractivity contribution in [3.05, 3.63) is 78.5 Å². The molecule has 138 valence electrons. The molecule has 1 amide bonds. The fraction of sp³-hybridized carbons (Fsp3) is 0.167. The fourth-order valence-electron chi connectivity index (χ4n) is 3.82. The number of hydrogen-bond donors (Lipinski definition) is 1. The number of ketones is 1. The van der Waals surface area contributed by atoms with Crippen LogP contribution in [0.4, 0.5) is 5.69 Å². The summed E-state index contributed by atoms with van der Waals surface area (Å²) in [5, 5.41) is 6.06. The number of hydrogen-bond acceptors (Lipinski definition) is 2. The number of nitrogens with zero attached hydrogens (tertiary/aromatic N) is 1. The van der Waals surface area contributed by atoms with Crippen molar-refractivity contribution in [1.82, 2.24) is 4.57 Å². The van der Waals surface area contributed by atoms with Crippen LogP contribution < -0.4 is 5.32 Å². The van der Waals surface area contributed by atoms with Gasteiger partial charge in [-0.1, -0.05) is 54.6 Å². The minimum atomic E-state index is -0.109. The van der Waals surface area contributed by atoms with Crippen LogP contribution in [0.3, 0.4) is 0 Å². The third-order valence-corrected chi connectivity index (χ3v) is 5.38. The lowest BCUT2D eigenvalue weighted by molar-refractivity contribution is -0.116. The zero-order valence-electron chi connectivity index (χ0n) is 15.4. The van der Waals surface area contributed by atoms with Gasteiger partial charge in [-0.2, -0.15) is 0 Å². The van der Waals surface area contributed by atoms with E-state index in [1.807, 2.05) is 77.5 Å². The van der Waals surface area contributed by atoms with E-state index in [-0.39, 0.29) is 24.2 Å². The highest BCUT2D eigenvalue weighted by molar-refractivity contribution is 6.10. The summed E-state index contributed by atoms with van der Waals surface area (Å²) in [6.07, 6.45) is 3.79. The van der Waals surface area contributed by atoms with Crippen molar-refractivity contribution in [3.8, 4) is 0 Å². The second-order valence-corrected chi connectivity index (χ2v) is 7.40. The molecule has 0 bridgehead atoms. The first kappa shape index (κ1) is 16.8. The standard InChI is InChI=1S/C24H20N2O2/c27-23(25-21-10-5-7-16-6-1-2-8-18(16)21)15-26-14-20(24(28)17-12-13-17)19-9-3-4-11-22(19)26/h1-11,14,17H,12-13,15H2,(H,25,27). The number of nitrogens with one attached hydrogen (secondary N) is 1. The summed E-state index contributed by atoms with van der Waals surface area (Å²) >= 11 is 0. The van der Waals surface area contributed by atoms with Gasteiger partial charge >= 0.3 is 0 Å². The van der Waals surface area contributed by atoms with Gasteiger partial charge in [-0.15, -0.1) is 0 Å². The normalized spacial score (nSPS) is 13.7. The SMILES string of the molecule is O=C(Cn1cc(C(=O)C2CC2)c2ccccc21)Nc1cccc2ccccc12. The van der Waals surface area contributed by atoms with Crippen molar-refractivity contribution in [2.75, 3.05) is 5.32 Å². The third-order valence-electron chi connectivity index (χ3n) is 5.38. The molecule has 1 fully saturated rings. The molecule has 1 saturated carbocycles. The van der Waals surface area contributed by atoms with Crippen LogP contribution in [0.2, 0.25) is 0 Å². The molecule has 0 unspecified atom stereocenters. The third kappa shape index (κ3) is 2.97. The number of Topliss-reactive ketones (excluding diaryl/α,β-unsaturated/α-hetero) is 1. The molecule has 1 aliphatic carbocycles. The summed E-state index contributed by atoms with van der Waals surface area (Å²) in [5.74, 6) is 0.246. The minimum absolute atomic E-state index is 0.109. The van der Waals surface area contributed by atoms with Crippen molar-refractivity contribution < 1.29 is 9.59 Å². The van der Waals surface area contributed by atoms with Crippen molar-refractivity contribution in [2.45, 2.75) is 19.4 Å². The molecule has 0 atom stereocenters. The summed E-state index contributed by atoms with van der Waals surface area (Å²) in [6.45, 7) is 0.168. The Hall–Kier alpha value is -3.40. The molecule has 1 N–H and O–H groups in total. The molecule has 5 rings (SSSR count). The van der Waals surface area contributed by atoms with Crippen LogP contribution >= 0.6 is 0 Å². The van der Waals surface area contributed by atoms with E-state index in [0.29, 0.717) is 0 Å². The molecule has 0 radical (unpaired) electrons. The summed E-state index contributed by atoms with van der Waals surface area (Å²) in [4.78, 5) is 25.4. The van der Waals surface area contributed by atoms with E-state index in [4.69, 9.17) is 0 Å². The van der Waals surface area contributed by atoms with Gasteiger partial charge in [0.2, 0.25) is 5.91 Å². The molecule has 1 aliphatic rings. The Morgan fingerprint density at radius 3 is 2.43 bits per heavy atom. The van der Waals surface area contributed by atoms with E-state index >= 15 is 0 Å². The molecule has 3 aromatic carbocycles. The van der Waals surface area contributed by atoms with Crippen molar-refractivity contribution >= 4 is 39.1 Å². The highest BCUT2D eigenvalue weighted by Gasteiger charge is 2.32. The number of carbonyl (C=O) groups is 2. The van der Waals surface area contributed by atoms with Crippen molar-refractivity contribution in [1.29, 1.82) is 0 Å². The van der Waals surface area contributed by atoms with Gasteiger partial charge in [0, 0.05) is 39.7 Å². The Kier molecular flexibility index (Phi) is 3.97. The van der Waals surface area contributed by atoms with Gasteiger partial charge in [0.05, 0.1) is 0 Å². The lowest BCUT2D eigenvalue weighted by atomic mass is 10.1. The number of rotatable bonds is 5. The first-order valence-corrected chi connectivity index (χ1v) is 9.60. The monoisotopic (exact) mass is 368 g/mol. The first-order chi connectivity index (χ1) is 13.7. The zero-order valence-corrected chi connectivity index (χ0v) is 15.4. The molecule has 4 aromatic rings. The Morgan fingerprint density at radius 1 is 0.893 bits per heavy atom. The quantitative estimate of drug-likeness (QED) is 0.503. The van der Waals surface area contributed by atoms with Gasteiger partial charge in [-0.3, -0.25) is 9.59 Å². The number of aromatic nitrogens is 1. The molecule has 4 nitrogen and oxygen atoms in total. The minimum Gasteiger partial charge on any atom is -0.337 e. The Labute approximate surface area is 162 Å². The lowest BCUT2D eigenvalue weighted by Crippen LogP contribution is -2.18. The summed E-state index contributed by atoms with van der Waals surface area (Å²) in [5.41, 5.74) is 2.45.